The van der Waals surface area contributed by atoms with Gasteiger partial charge in [-0.25, -0.2) is 0 Å². The van der Waals surface area contributed by atoms with Crippen LogP contribution in [-0.4, -0.2) is 21.0 Å². The molecule has 0 aliphatic heterocycles. The van der Waals surface area contributed by atoms with Crippen LogP contribution in [0.15, 0.2) is 24.3 Å². The zero-order valence-electron chi connectivity index (χ0n) is 14.5. The van der Waals surface area contributed by atoms with Crippen LogP contribution in [0.25, 0.3) is 0 Å². The third-order valence-electron chi connectivity index (χ3n) is 3.83. The molecule has 0 spiro atoms. The fourth-order valence-corrected chi connectivity index (χ4v) is 2.37. The number of aromatic amines is 1. The predicted molar refractivity (Wildman–Crippen MR) is 90.9 cm³/mol. The second-order valence-corrected chi connectivity index (χ2v) is 6.71. The molecule has 0 radical (unpaired) electrons. The molecule has 1 atom stereocenters. The number of nitrogens with zero attached hydrogens (tertiary/aromatic N) is 3. The SMILES string of the molecule is Cc1[nH]nc(C(=O)NC(C#N)c2ccc(C(C)(C)C)cc2)c1[N+](=O)[O-]. The number of rotatable bonds is 4. The van der Waals surface area contributed by atoms with E-state index in [2.05, 4.69) is 36.3 Å². The summed E-state index contributed by atoms with van der Waals surface area (Å²) in [6.07, 6.45) is 0. The van der Waals surface area contributed by atoms with Crippen molar-refractivity contribution >= 4 is 11.6 Å². The summed E-state index contributed by atoms with van der Waals surface area (Å²) in [5.74, 6) is -0.775. The second-order valence-electron chi connectivity index (χ2n) is 6.71. The molecular formula is C17H19N5O3. The zero-order valence-corrected chi connectivity index (χ0v) is 14.5. The molecule has 0 fully saturated rings. The van der Waals surface area contributed by atoms with Gasteiger partial charge in [-0.15, -0.1) is 0 Å². The molecule has 1 unspecified atom stereocenters. The molecule has 0 aliphatic carbocycles. The van der Waals surface area contributed by atoms with E-state index in [1.165, 1.54) is 6.92 Å². The highest BCUT2D eigenvalue weighted by atomic mass is 16.6. The van der Waals surface area contributed by atoms with Crippen molar-refractivity contribution in [3.05, 3.63) is 56.9 Å². The van der Waals surface area contributed by atoms with Gasteiger partial charge in [0.1, 0.15) is 11.7 Å². The molecular weight excluding hydrogens is 322 g/mol. The highest BCUT2D eigenvalue weighted by Crippen LogP contribution is 2.25. The summed E-state index contributed by atoms with van der Waals surface area (Å²) in [6.45, 7) is 7.68. The largest absolute Gasteiger partial charge is 0.331 e. The van der Waals surface area contributed by atoms with Gasteiger partial charge in [-0.3, -0.25) is 20.0 Å². The van der Waals surface area contributed by atoms with Crippen LogP contribution in [-0.2, 0) is 5.41 Å². The summed E-state index contributed by atoms with van der Waals surface area (Å²) in [4.78, 5) is 22.7. The van der Waals surface area contributed by atoms with E-state index in [4.69, 9.17) is 0 Å². The van der Waals surface area contributed by atoms with Gasteiger partial charge in [0.05, 0.1) is 11.0 Å². The Labute approximate surface area is 145 Å². The molecule has 2 rings (SSSR count). The van der Waals surface area contributed by atoms with Crippen LogP contribution < -0.4 is 5.32 Å². The number of H-pyrrole nitrogens is 1. The molecule has 0 saturated carbocycles. The minimum Gasteiger partial charge on any atom is -0.331 e. The van der Waals surface area contributed by atoms with Crippen LogP contribution in [0.2, 0.25) is 0 Å². The van der Waals surface area contributed by atoms with E-state index in [1.807, 2.05) is 18.2 Å². The molecule has 1 aromatic heterocycles. The molecule has 1 amide bonds. The van der Waals surface area contributed by atoms with Gasteiger partial charge in [-0.2, -0.15) is 10.4 Å². The molecule has 1 aromatic carbocycles. The molecule has 130 valence electrons. The van der Waals surface area contributed by atoms with Gasteiger partial charge in [0, 0.05) is 0 Å². The zero-order chi connectivity index (χ0) is 18.8. The Morgan fingerprint density at radius 3 is 2.44 bits per heavy atom. The molecule has 0 aliphatic rings. The van der Waals surface area contributed by atoms with E-state index < -0.39 is 22.6 Å². The maximum absolute atomic E-state index is 12.3. The average molecular weight is 341 g/mol. The Morgan fingerprint density at radius 1 is 1.36 bits per heavy atom. The smallest absolute Gasteiger partial charge is 0.322 e. The molecule has 25 heavy (non-hydrogen) atoms. The van der Waals surface area contributed by atoms with Crippen molar-refractivity contribution in [3.8, 4) is 6.07 Å². The first-order valence-electron chi connectivity index (χ1n) is 7.65. The number of amides is 1. The van der Waals surface area contributed by atoms with E-state index >= 15 is 0 Å². The quantitative estimate of drug-likeness (QED) is 0.653. The van der Waals surface area contributed by atoms with Gasteiger partial charge < -0.3 is 5.32 Å². The van der Waals surface area contributed by atoms with Crippen LogP contribution >= 0.6 is 0 Å². The molecule has 0 bridgehead atoms. The average Bonchev–Trinajstić information content (AvgIpc) is 2.93. The van der Waals surface area contributed by atoms with Crippen LogP contribution in [0, 0.1) is 28.4 Å². The maximum Gasteiger partial charge on any atom is 0.322 e. The van der Waals surface area contributed by atoms with Gasteiger partial charge >= 0.3 is 5.69 Å². The number of carbonyl (C=O) groups excluding carboxylic acids is 1. The molecule has 0 saturated heterocycles. The maximum atomic E-state index is 12.3. The molecule has 2 N–H and O–H groups in total. The molecule has 8 heteroatoms. The van der Waals surface area contributed by atoms with E-state index in [0.29, 0.717) is 5.56 Å². The minimum atomic E-state index is -0.932. The number of aryl methyl sites for hydroxylation is 1. The van der Waals surface area contributed by atoms with Gasteiger partial charge in [-0.1, -0.05) is 45.0 Å². The highest BCUT2D eigenvalue weighted by molar-refractivity contribution is 5.96. The number of carbonyl (C=O) groups is 1. The number of hydrogen-bond donors (Lipinski definition) is 2. The lowest BCUT2D eigenvalue weighted by atomic mass is 9.86. The number of benzene rings is 1. The summed E-state index contributed by atoms with van der Waals surface area (Å²) in [6, 6.07) is 8.38. The van der Waals surface area contributed by atoms with E-state index in [1.54, 1.807) is 12.1 Å². The highest BCUT2D eigenvalue weighted by Gasteiger charge is 2.28. The summed E-state index contributed by atoms with van der Waals surface area (Å²) in [5, 5.41) is 29.0. The van der Waals surface area contributed by atoms with Crippen molar-refractivity contribution in [2.75, 3.05) is 0 Å². The lowest BCUT2D eigenvalue weighted by Crippen LogP contribution is -2.28. The monoisotopic (exact) mass is 341 g/mol. The number of nitrogens with one attached hydrogen (secondary N) is 2. The van der Waals surface area contributed by atoms with Crippen LogP contribution in [0.5, 0.6) is 0 Å². The number of hydrogen-bond acceptors (Lipinski definition) is 5. The fraction of sp³-hybridized carbons (Fsp3) is 0.353. The van der Waals surface area contributed by atoms with Gasteiger partial charge in [0.25, 0.3) is 5.91 Å². The Morgan fingerprint density at radius 2 is 1.96 bits per heavy atom. The second kappa shape index (κ2) is 6.73. The normalized spacial score (nSPS) is 12.3. The first-order chi connectivity index (χ1) is 11.6. The molecule has 8 nitrogen and oxygen atoms in total. The van der Waals surface area contributed by atoms with Crippen LogP contribution in [0.4, 0.5) is 5.69 Å². The first-order valence-corrected chi connectivity index (χ1v) is 7.65. The number of nitriles is 1. The minimum absolute atomic E-state index is 0.0307. The van der Waals surface area contributed by atoms with Crippen molar-refractivity contribution < 1.29 is 9.72 Å². The van der Waals surface area contributed by atoms with Crippen LogP contribution in [0.1, 0.15) is 54.1 Å². The third-order valence-corrected chi connectivity index (χ3v) is 3.83. The Balaban J connectivity index is 2.24. The third kappa shape index (κ3) is 3.83. The topological polar surface area (TPSA) is 125 Å². The number of nitro groups is 1. The van der Waals surface area contributed by atoms with Gasteiger partial charge in [0.2, 0.25) is 5.69 Å². The Bertz CT molecular complexity index is 841. The summed E-state index contributed by atoms with van der Waals surface area (Å²) in [7, 11) is 0. The number of aromatic nitrogens is 2. The lowest BCUT2D eigenvalue weighted by molar-refractivity contribution is -0.385. The molecule has 1 heterocycles. The van der Waals surface area contributed by atoms with E-state index in [0.717, 1.165) is 5.56 Å². The van der Waals surface area contributed by atoms with Gasteiger partial charge in [0.15, 0.2) is 0 Å². The lowest BCUT2D eigenvalue weighted by Gasteiger charge is -2.20. The predicted octanol–water partition coefficient (Wildman–Crippen LogP) is 2.92. The summed E-state index contributed by atoms with van der Waals surface area (Å²) >= 11 is 0. The van der Waals surface area contributed by atoms with Crippen molar-refractivity contribution in [1.82, 2.24) is 15.5 Å². The summed E-state index contributed by atoms with van der Waals surface area (Å²) in [5.41, 5.74) is 1.11. The van der Waals surface area contributed by atoms with E-state index in [-0.39, 0.29) is 16.8 Å². The Kier molecular flexibility index (Phi) is 4.88. The fourth-order valence-electron chi connectivity index (χ4n) is 2.37. The van der Waals surface area contributed by atoms with Gasteiger partial charge in [-0.05, 0) is 23.5 Å². The first kappa shape index (κ1) is 18.1. The van der Waals surface area contributed by atoms with Crippen molar-refractivity contribution in [3.63, 3.8) is 0 Å². The van der Waals surface area contributed by atoms with Crippen molar-refractivity contribution in [2.45, 2.75) is 39.2 Å². The van der Waals surface area contributed by atoms with Crippen molar-refractivity contribution in [1.29, 1.82) is 5.26 Å². The molecule has 2 aromatic rings. The Hall–Kier alpha value is -3.21. The standard InChI is InChI=1S/C17H19N5O3/c1-10-15(22(24)25)14(21-20-10)16(23)19-13(9-18)11-5-7-12(8-6-11)17(2,3)4/h5-8,13H,1-4H3,(H,19,23)(H,20,21). The van der Waals surface area contributed by atoms with Crippen LogP contribution in [0.3, 0.4) is 0 Å². The summed E-state index contributed by atoms with van der Waals surface area (Å²) < 4.78 is 0. The van der Waals surface area contributed by atoms with E-state index in [9.17, 15) is 20.2 Å². The van der Waals surface area contributed by atoms with Crippen molar-refractivity contribution in [2.24, 2.45) is 0 Å².